The zero-order valence-electron chi connectivity index (χ0n) is 10.5. The van der Waals surface area contributed by atoms with Crippen molar-refractivity contribution in [2.24, 2.45) is 0 Å². The van der Waals surface area contributed by atoms with Crippen LogP contribution in [-0.4, -0.2) is 27.4 Å². The molecule has 1 unspecified atom stereocenters. The van der Waals surface area contributed by atoms with E-state index in [1.807, 2.05) is 0 Å². The number of amides is 1. The molecular weight excluding hydrogens is 254 g/mol. The molecule has 0 radical (unpaired) electrons. The SMILES string of the molecule is CNC(=O)C(C)NS(=O)(=O)c1ccc(N)cc1C. The molecule has 0 aliphatic heterocycles. The van der Waals surface area contributed by atoms with E-state index in [4.69, 9.17) is 5.73 Å². The number of hydrogen-bond donors (Lipinski definition) is 3. The number of carbonyl (C=O) groups excluding carboxylic acids is 1. The number of likely N-dealkylation sites (N-methyl/N-ethyl adjacent to an activating group) is 1. The van der Waals surface area contributed by atoms with Crippen LogP contribution in [0.3, 0.4) is 0 Å². The van der Waals surface area contributed by atoms with Gasteiger partial charge in [-0.1, -0.05) is 0 Å². The summed E-state index contributed by atoms with van der Waals surface area (Å²) in [6.45, 7) is 3.12. The average molecular weight is 271 g/mol. The van der Waals surface area contributed by atoms with Gasteiger partial charge in [-0.15, -0.1) is 0 Å². The van der Waals surface area contributed by atoms with Crippen molar-refractivity contribution in [1.82, 2.24) is 10.0 Å². The Labute approximate surface area is 107 Å². The summed E-state index contributed by atoms with van der Waals surface area (Å²) in [5, 5.41) is 2.38. The highest BCUT2D eigenvalue weighted by molar-refractivity contribution is 7.89. The number of benzene rings is 1. The van der Waals surface area contributed by atoms with Crippen molar-refractivity contribution in [3.63, 3.8) is 0 Å². The van der Waals surface area contributed by atoms with E-state index in [1.54, 1.807) is 13.0 Å². The van der Waals surface area contributed by atoms with E-state index in [-0.39, 0.29) is 4.90 Å². The summed E-state index contributed by atoms with van der Waals surface area (Å²) in [6, 6.07) is 3.66. The molecule has 0 aromatic heterocycles. The molecule has 0 fully saturated rings. The third-order valence-electron chi connectivity index (χ3n) is 2.46. The molecule has 100 valence electrons. The van der Waals surface area contributed by atoms with Crippen molar-refractivity contribution in [3.05, 3.63) is 23.8 Å². The number of sulfonamides is 1. The first-order valence-corrected chi connectivity index (χ1v) is 6.86. The number of carbonyl (C=O) groups is 1. The van der Waals surface area contributed by atoms with Gasteiger partial charge in [-0.05, 0) is 37.6 Å². The second kappa shape index (κ2) is 5.36. The third kappa shape index (κ3) is 3.21. The number of aryl methyl sites for hydroxylation is 1. The Morgan fingerprint density at radius 3 is 2.50 bits per heavy atom. The van der Waals surface area contributed by atoms with Gasteiger partial charge in [0, 0.05) is 12.7 Å². The molecule has 0 saturated heterocycles. The topological polar surface area (TPSA) is 101 Å². The van der Waals surface area contributed by atoms with Crippen LogP contribution < -0.4 is 15.8 Å². The maximum Gasteiger partial charge on any atom is 0.241 e. The van der Waals surface area contributed by atoms with Crippen LogP contribution in [-0.2, 0) is 14.8 Å². The lowest BCUT2D eigenvalue weighted by atomic mass is 10.2. The van der Waals surface area contributed by atoms with Gasteiger partial charge >= 0.3 is 0 Å². The fourth-order valence-corrected chi connectivity index (χ4v) is 2.97. The van der Waals surface area contributed by atoms with E-state index < -0.39 is 22.0 Å². The summed E-state index contributed by atoms with van der Waals surface area (Å²) in [4.78, 5) is 11.4. The number of anilines is 1. The first-order chi connectivity index (χ1) is 8.27. The maximum absolute atomic E-state index is 12.1. The second-order valence-electron chi connectivity index (χ2n) is 3.98. The highest BCUT2D eigenvalue weighted by atomic mass is 32.2. The monoisotopic (exact) mass is 271 g/mol. The highest BCUT2D eigenvalue weighted by Gasteiger charge is 2.22. The van der Waals surface area contributed by atoms with Crippen LogP contribution in [0.1, 0.15) is 12.5 Å². The van der Waals surface area contributed by atoms with E-state index in [9.17, 15) is 13.2 Å². The van der Waals surface area contributed by atoms with E-state index in [2.05, 4.69) is 10.0 Å². The molecule has 0 heterocycles. The molecule has 6 nitrogen and oxygen atoms in total. The molecule has 0 aliphatic rings. The van der Waals surface area contributed by atoms with Gasteiger partial charge in [-0.2, -0.15) is 4.72 Å². The van der Waals surface area contributed by atoms with Gasteiger partial charge in [0.15, 0.2) is 0 Å². The van der Waals surface area contributed by atoms with Gasteiger partial charge in [0.25, 0.3) is 0 Å². The van der Waals surface area contributed by atoms with E-state index >= 15 is 0 Å². The van der Waals surface area contributed by atoms with Crippen LogP contribution in [0, 0.1) is 6.92 Å². The number of nitrogens with one attached hydrogen (secondary N) is 2. The number of nitrogens with two attached hydrogens (primary N) is 1. The molecule has 0 spiro atoms. The normalized spacial score (nSPS) is 13.1. The number of hydrogen-bond acceptors (Lipinski definition) is 4. The molecule has 1 aromatic carbocycles. The predicted molar refractivity (Wildman–Crippen MR) is 69.4 cm³/mol. The summed E-state index contributed by atoms with van der Waals surface area (Å²) in [5.41, 5.74) is 6.59. The van der Waals surface area contributed by atoms with E-state index in [1.165, 1.54) is 26.1 Å². The van der Waals surface area contributed by atoms with Crippen LogP contribution in [0.2, 0.25) is 0 Å². The average Bonchev–Trinajstić information content (AvgIpc) is 2.26. The van der Waals surface area contributed by atoms with Gasteiger partial charge in [0.1, 0.15) is 0 Å². The molecule has 1 rings (SSSR count). The van der Waals surface area contributed by atoms with Crippen LogP contribution in [0.15, 0.2) is 23.1 Å². The summed E-state index contributed by atoms with van der Waals surface area (Å²) < 4.78 is 26.4. The molecule has 18 heavy (non-hydrogen) atoms. The Morgan fingerprint density at radius 1 is 1.39 bits per heavy atom. The highest BCUT2D eigenvalue weighted by Crippen LogP contribution is 2.17. The molecule has 1 amide bonds. The molecule has 1 aromatic rings. The lowest BCUT2D eigenvalue weighted by molar-refractivity contribution is -0.121. The first-order valence-electron chi connectivity index (χ1n) is 5.38. The zero-order valence-corrected chi connectivity index (χ0v) is 11.3. The van der Waals surface area contributed by atoms with Crippen molar-refractivity contribution < 1.29 is 13.2 Å². The van der Waals surface area contributed by atoms with Crippen molar-refractivity contribution in [2.75, 3.05) is 12.8 Å². The summed E-state index contributed by atoms with van der Waals surface area (Å²) in [6.07, 6.45) is 0. The smallest absolute Gasteiger partial charge is 0.241 e. The van der Waals surface area contributed by atoms with Gasteiger partial charge < -0.3 is 11.1 Å². The van der Waals surface area contributed by atoms with Crippen molar-refractivity contribution in [2.45, 2.75) is 24.8 Å². The van der Waals surface area contributed by atoms with Gasteiger partial charge in [0.2, 0.25) is 15.9 Å². The lowest BCUT2D eigenvalue weighted by Gasteiger charge is -2.14. The minimum absolute atomic E-state index is 0.118. The fourth-order valence-electron chi connectivity index (χ4n) is 1.54. The number of rotatable bonds is 4. The molecule has 4 N–H and O–H groups in total. The van der Waals surface area contributed by atoms with E-state index in [0.29, 0.717) is 11.3 Å². The predicted octanol–water partition coefficient (Wildman–Crippen LogP) is -0.00998. The first kappa shape index (κ1) is 14.5. The zero-order chi connectivity index (χ0) is 13.9. The standard InChI is InChI=1S/C11H17N3O3S/c1-7-6-9(12)4-5-10(7)18(16,17)14-8(2)11(15)13-3/h4-6,8,14H,12H2,1-3H3,(H,13,15). The van der Waals surface area contributed by atoms with Crippen LogP contribution in [0.4, 0.5) is 5.69 Å². The molecule has 7 heteroatoms. The Bertz CT molecular complexity index is 555. The molecule has 0 bridgehead atoms. The quantitative estimate of drug-likeness (QED) is 0.670. The van der Waals surface area contributed by atoms with Crippen molar-refractivity contribution >= 4 is 21.6 Å². The second-order valence-corrected chi connectivity index (χ2v) is 5.66. The van der Waals surface area contributed by atoms with E-state index in [0.717, 1.165) is 0 Å². The summed E-state index contributed by atoms with van der Waals surface area (Å²) in [7, 11) is -2.28. The lowest BCUT2D eigenvalue weighted by Crippen LogP contribution is -2.43. The minimum Gasteiger partial charge on any atom is -0.399 e. The third-order valence-corrected chi connectivity index (χ3v) is 4.16. The van der Waals surface area contributed by atoms with Gasteiger partial charge in [-0.3, -0.25) is 4.79 Å². The summed E-state index contributed by atoms with van der Waals surface area (Å²) in [5.74, 6) is -0.397. The Balaban J connectivity index is 3.04. The van der Waals surface area contributed by atoms with Crippen molar-refractivity contribution in [3.8, 4) is 0 Å². The van der Waals surface area contributed by atoms with Crippen LogP contribution in [0.25, 0.3) is 0 Å². The van der Waals surface area contributed by atoms with Crippen LogP contribution in [0.5, 0.6) is 0 Å². The molecule has 0 aliphatic carbocycles. The Hall–Kier alpha value is -1.60. The Morgan fingerprint density at radius 2 is 2.00 bits per heavy atom. The molecule has 1 atom stereocenters. The fraction of sp³-hybridized carbons (Fsp3) is 0.364. The molecule has 0 saturated carbocycles. The number of nitrogen functional groups attached to an aromatic ring is 1. The largest absolute Gasteiger partial charge is 0.399 e. The summed E-state index contributed by atoms with van der Waals surface area (Å²) >= 11 is 0. The van der Waals surface area contributed by atoms with Crippen LogP contribution >= 0.6 is 0 Å². The molecular formula is C11H17N3O3S. The van der Waals surface area contributed by atoms with Crippen molar-refractivity contribution in [1.29, 1.82) is 0 Å². The maximum atomic E-state index is 12.1. The minimum atomic E-state index is -3.73. The van der Waals surface area contributed by atoms with Gasteiger partial charge in [-0.25, -0.2) is 8.42 Å². The van der Waals surface area contributed by atoms with Gasteiger partial charge in [0.05, 0.1) is 10.9 Å². The Kier molecular flexibility index (Phi) is 4.31.